The van der Waals surface area contributed by atoms with Crippen molar-refractivity contribution in [2.24, 2.45) is 0 Å². The van der Waals surface area contributed by atoms with E-state index in [9.17, 15) is 13.0 Å². The van der Waals surface area contributed by atoms with Gasteiger partial charge in [0.25, 0.3) is 10.1 Å². The minimum atomic E-state index is -4.10. The Hall–Kier alpha value is -0.440. The normalized spacial score (nSPS) is 12.3. The number of hydrogen-bond donors (Lipinski definition) is 1. The molecular weight excluding hydrogens is 423 g/mol. The molecule has 0 saturated heterocycles. The summed E-state index contributed by atoms with van der Waals surface area (Å²) in [6.07, 6.45) is 19.2. The predicted octanol–water partition coefficient (Wildman–Crippen LogP) is 8.21. The molecule has 0 atom stereocenters. The van der Waals surface area contributed by atoms with E-state index in [1.807, 2.05) is 6.07 Å². The molecule has 0 fully saturated rings. The van der Waals surface area contributed by atoms with Gasteiger partial charge in [-0.15, -0.1) is 0 Å². The van der Waals surface area contributed by atoms with Gasteiger partial charge in [-0.05, 0) is 24.5 Å². The van der Waals surface area contributed by atoms with Gasteiger partial charge < -0.3 is 0 Å². The molecule has 0 unspecified atom stereocenters. The van der Waals surface area contributed by atoms with Crippen LogP contribution in [-0.4, -0.2) is 37.6 Å². The Morgan fingerprint density at radius 2 is 1.10 bits per heavy atom. The molecule has 0 aliphatic rings. The molecule has 0 radical (unpaired) electrons. The van der Waals surface area contributed by atoms with Gasteiger partial charge in [0, 0.05) is 0 Å². The van der Waals surface area contributed by atoms with Gasteiger partial charge in [0.15, 0.2) is 0 Å². The molecule has 1 rings (SSSR count). The molecular formula is C26H51O3PS. The summed E-state index contributed by atoms with van der Waals surface area (Å²) in [6, 6.07) is 6.73. The van der Waals surface area contributed by atoms with Crippen LogP contribution in [-0.2, 0) is 16.5 Å². The summed E-state index contributed by atoms with van der Waals surface area (Å²) in [6.45, 7) is 11.7. The Morgan fingerprint density at radius 1 is 0.677 bits per heavy atom. The van der Waals surface area contributed by atoms with Crippen LogP contribution in [0.2, 0.25) is 0 Å². The first-order valence-corrected chi connectivity index (χ1v) is 17.1. The van der Waals surface area contributed by atoms with Crippen molar-refractivity contribution in [3.05, 3.63) is 29.8 Å². The monoisotopic (exact) mass is 474 g/mol. The first-order valence-electron chi connectivity index (χ1n) is 12.9. The summed E-state index contributed by atoms with van der Waals surface area (Å²) in [5.74, 6) is 0. The van der Waals surface area contributed by atoms with E-state index >= 15 is 0 Å². The summed E-state index contributed by atoms with van der Waals surface area (Å²) in [5.41, 5.74) is 0.726. The first kappa shape index (κ1) is 30.6. The van der Waals surface area contributed by atoms with Gasteiger partial charge in [-0.25, -0.2) is 0 Å². The van der Waals surface area contributed by atoms with E-state index in [1.54, 1.807) is 12.1 Å². The molecule has 0 saturated carbocycles. The molecule has 0 heterocycles. The second-order valence-corrected chi connectivity index (χ2v) is 16.1. The fraction of sp³-hybridized carbons (Fsp3) is 0.769. The topological polar surface area (TPSA) is 54.4 Å². The quantitative estimate of drug-likeness (QED) is 0.149. The first-order chi connectivity index (χ1) is 14.8. The second kappa shape index (κ2) is 18.0. The summed E-state index contributed by atoms with van der Waals surface area (Å²) in [7, 11) is -4.79. The standard InChI is InChI=1S/C18H30O3S.C8H21P/c1-2-3-4-5-6-7-8-9-10-11-14-17-15-12-13-16-18(17)22(19,20)21;1-5-9(6-2,7-3)8-4/h12-13,15-16H,2-11,14H2,1H3,(H,19,20,21);9H,5-8H2,1-4H3. The maximum atomic E-state index is 11.3. The van der Waals surface area contributed by atoms with Crippen LogP contribution < -0.4 is 0 Å². The summed E-state index contributed by atoms with van der Waals surface area (Å²) >= 11 is 0. The SMILES string of the molecule is CCCCCCCCCCCCc1ccccc1S(=O)(=O)O.CC[PH](CC)(CC)CC. The number of rotatable bonds is 16. The summed E-state index contributed by atoms with van der Waals surface area (Å²) < 4.78 is 31.8. The van der Waals surface area contributed by atoms with Crippen molar-refractivity contribution in [2.75, 3.05) is 24.6 Å². The van der Waals surface area contributed by atoms with Crippen LogP contribution in [0.4, 0.5) is 0 Å². The van der Waals surface area contributed by atoms with Gasteiger partial charge in [-0.3, -0.25) is 4.55 Å². The van der Waals surface area contributed by atoms with Crippen LogP contribution in [0.1, 0.15) is 104 Å². The van der Waals surface area contributed by atoms with Crippen LogP contribution in [0.5, 0.6) is 0 Å². The van der Waals surface area contributed by atoms with Gasteiger partial charge >= 0.3 is 59.6 Å². The van der Waals surface area contributed by atoms with Crippen molar-refractivity contribution in [1.29, 1.82) is 0 Å². The van der Waals surface area contributed by atoms with Gasteiger partial charge in [-0.1, -0.05) is 82.9 Å². The van der Waals surface area contributed by atoms with Crippen molar-refractivity contribution < 1.29 is 13.0 Å². The molecule has 0 aliphatic heterocycles. The molecule has 5 heteroatoms. The van der Waals surface area contributed by atoms with E-state index < -0.39 is 17.4 Å². The fourth-order valence-electron chi connectivity index (χ4n) is 4.26. The third-order valence-electron chi connectivity index (χ3n) is 7.05. The van der Waals surface area contributed by atoms with E-state index in [1.165, 1.54) is 82.1 Å². The second-order valence-electron chi connectivity index (χ2n) is 8.93. The number of benzene rings is 1. The molecule has 3 nitrogen and oxygen atoms in total. The predicted molar refractivity (Wildman–Crippen MR) is 142 cm³/mol. The van der Waals surface area contributed by atoms with Crippen molar-refractivity contribution in [3.63, 3.8) is 0 Å². The van der Waals surface area contributed by atoms with Gasteiger partial charge in [-0.2, -0.15) is 8.42 Å². The van der Waals surface area contributed by atoms with E-state index in [0.29, 0.717) is 6.42 Å². The van der Waals surface area contributed by atoms with Gasteiger partial charge in [0.2, 0.25) is 0 Å². The molecule has 0 amide bonds. The van der Waals surface area contributed by atoms with E-state index in [-0.39, 0.29) is 4.90 Å². The zero-order valence-electron chi connectivity index (χ0n) is 21.1. The van der Waals surface area contributed by atoms with Crippen LogP contribution in [0, 0.1) is 0 Å². The number of unbranched alkanes of at least 4 members (excludes halogenated alkanes) is 9. The van der Waals surface area contributed by atoms with Crippen molar-refractivity contribution in [1.82, 2.24) is 0 Å². The summed E-state index contributed by atoms with van der Waals surface area (Å²) in [4.78, 5) is 0.0610. The third kappa shape index (κ3) is 13.6. The van der Waals surface area contributed by atoms with Gasteiger partial charge in [0.1, 0.15) is 0 Å². The molecule has 0 aliphatic carbocycles. The Balaban J connectivity index is 0.000000842. The Morgan fingerprint density at radius 3 is 1.48 bits per heavy atom. The molecule has 0 bridgehead atoms. The fourth-order valence-corrected chi connectivity index (χ4v) is 8.02. The zero-order valence-corrected chi connectivity index (χ0v) is 22.9. The number of aryl methyl sites for hydroxylation is 1. The molecule has 0 aromatic heterocycles. The van der Waals surface area contributed by atoms with Crippen LogP contribution in [0.25, 0.3) is 0 Å². The number of hydrogen-bond acceptors (Lipinski definition) is 2. The van der Waals surface area contributed by atoms with Gasteiger partial charge in [0.05, 0.1) is 4.90 Å². The van der Waals surface area contributed by atoms with Crippen LogP contribution in [0.3, 0.4) is 0 Å². The average molecular weight is 475 g/mol. The average Bonchev–Trinajstić information content (AvgIpc) is 2.77. The van der Waals surface area contributed by atoms with E-state index in [0.717, 1.165) is 18.4 Å². The zero-order chi connectivity index (χ0) is 23.6. The van der Waals surface area contributed by atoms with Crippen molar-refractivity contribution >= 4 is 17.4 Å². The minimum absolute atomic E-state index is 0.0610. The third-order valence-corrected chi connectivity index (χ3v) is 14.0. The summed E-state index contributed by atoms with van der Waals surface area (Å²) in [5, 5.41) is 0. The van der Waals surface area contributed by atoms with Crippen molar-refractivity contribution in [3.8, 4) is 0 Å². The molecule has 184 valence electrons. The maximum absolute atomic E-state index is 11.3. The Kier molecular flexibility index (Phi) is 17.8. The Bertz CT molecular complexity index is 637. The van der Waals surface area contributed by atoms with E-state index in [4.69, 9.17) is 0 Å². The van der Waals surface area contributed by atoms with Crippen LogP contribution >= 0.6 is 7.26 Å². The van der Waals surface area contributed by atoms with E-state index in [2.05, 4.69) is 34.6 Å². The van der Waals surface area contributed by atoms with Crippen LogP contribution in [0.15, 0.2) is 29.2 Å². The molecule has 1 aromatic rings. The Labute approximate surface area is 194 Å². The van der Waals surface area contributed by atoms with Crippen molar-refractivity contribution in [2.45, 2.75) is 110 Å². The molecule has 1 N–H and O–H groups in total. The molecule has 0 spiro atoms. The molecule has 1 aromatic carbocycles. The molecule has 31 heavy (non-hydrogen) atoms.